The van der Waals surface area contributed by atoms with E-state index in [1.54, 1.807) is 30.1 Å². The van der Waals surface area contributed by atoms with E-state index in [2.05, 4.69) is 0 Å². The number of para-hydroxylation sites is 1. The first-order valence-electron chi connectivity index (χ1n) is 6.45. The molecule has 21 heavy (non-hydrogen) atoms. The Bertz CT molecular complexity index is 658. The summed E-state index contributed by atoms with van der Waals surface area (Å²) in [5.74, 6) is 0.312. The zero-order chi connectivity index (χ0) is 15.4. The van der Waals surface area contributed by atoms with Gasteiger partial charge in [-0.15, -0.1) is 0 Å². The third-order valence-corrected chi connectivity index (χ3v) is 3.44. The van der Waals surface area contributed by atoms with Crippen LogP contribution in [0, 0.1) is 0 Å². The average Bonchev–Trinajstić information content (AvgIpc) is 2.48. The summed E-state index contributed by atoms with van der Waals surface area (Å²) in [5.41, 5.74) is 7.95. The fourth-order valence-electron chi connectivity index (χ4n) is 2.05. The van der Waals surface area contributed by atoms with Gasteiger partial charge in [0.25, 0.3) is 5.91 Å². The number of carbonyl (C=O) groups excluding carboxylic acids is 1. The first kappa shape index (κ1) is 15.2. The molecule has 0 fully saturated rings. The van der Waals surface area contributed by atoms with E-state index in [-0.39, 0.29) is 5.91 Å². The number of ether oxygens (including phenoxy) is 1. The van der Waals surface area contributed by atoms with Gasteiger partial charge in [-0.3, -0.25) is 4.79 Å². The van der Waals surface area contributed by atoms with Crippen molar-refractivity contribution in [3.63, 3.8) is 0 Å². The Kier molecular flexibility index (Phi) is 4.70. The van der Waals surface area contributed by atoms with Crippen LogP contribution in [0.2, 0.25) is 5.02 Å². The molecule has 0 unspecified atom stereocenters. The van der Waals surface area contributed by atoms with Crippen LogP contribution in [0.1, 0.15) is 15.9 Å². The van der Waals surface area contributed by atoms with Gasteiger partial charge in [-0.25, -0.2) is 0 Å². The van der Waals surface area contributed by atoms with Crippen molar-refractivity contribution in [2.75, 3.05) is 19.9 Å². The molecule has 110 valence electrons. The Morgan fingerprint density at radius 1 is 1.29 bits per heavy atom. The molecule has 0 saturated heterocycles. The lowest BCUT2D eigenvalue weighted by Crippen LogP contribution is -2.27. The van der Waals surface area contributed by atoms with Gasteiger partial charge in [0.1, 0.15) is 5.75 Å². The fourth-order valence-corrected chi connectivity index (χ4v) is 2.21. The maximum absolute atomic E-state index is 12.5. The molecule has 2 rings (SSSR count). The number of amides is 1. The first-order valence-corrected chi connectivity index (χ1v) is 6.83. The fraction of sp³-hybridized carbons (Fsp3) is 0.188. The maximum Gasteiger partial charge on any atom is 0.257 e. The van der Waals surface area contributed by atoms with E-state index in [9.17, 15) is 4.79 Å². The second-order valence-corrected chi connectivity index (χ2v) is 5.14. The molecule has 1 amide bonds. The van der Waals surface area contributed by atoms with Crippen molar-refractivity contribution in [1.82, 2.24) is 4.90 Å². The second-order valence-electron chi connectivity index (χ2n) is 4.70. The van der Waals surface area contributed by atoms with E-state index in [0.29, 0.717) is 28.6 Å². The van der Waals surface area contributed by atoms with Crippen LogP contribution >= 0.6 is 11.6 Å². The van der Waals surface area contributed by atoms with Gasteiger partial charge >= 0.3 is 0 Å². The average molecular weight is 305 g/mol. The zero-order valence-electron chi connectivity index (χ0n) is 12.0. The summed E-state index contributed by atoms with van der Waals surface area (Å²) in [6.07, 6.45) is 0. The van der Waals surface area contributed by atoms with Crippen molar-refractivity contribution in [2.24, 2.45) is 0 Å². The molecule has 0 bridgehead atoms. The van der Waals surface area contributed by atoms with Crippen LogP contribution in [0.3, 0.4) is 0 Å². The monoisotopic (exact) mass is 304 g/mol. The number of benzene rings is 2. The largest absolute Gasteiger partial charge is 0.496 e. The van der Waals surface area contributed by atoms with Crippen LogP contribution in [0.15, 0.2) is 42.5 Å². The van der Waals surface area contributed by atoms with Gasteiger partial charge in [0.2, 0.25) is 0 Å². The lowest BCUT2D eigenvalue weighted by atomic mass is 10.1. The summed E-state index contributed by atoms with van der Waals surface area (Å²) in [7, 11) is 3.24. The molecule has 0 heterocycles. The molecule has 0 spiro atoms. The highest BCUT2D eigenvalue weighted by molar-refractivity contribution is 6.30. The van der Waals surface area contributed by atoms with E-state index < -0.39 is 0 Å². The van der Waals surface area contributed by atoms with Crippen LogP contribution in [-0.4, -0.2) is 25.0 Å². The van der Waals surface area contributed by atoms with E-state index in [0.717, 1.165) is 5.56 Å². The quantitative estimate of drug-likeness (QED) is 0.883. The number of nitrogens with zero attached hydrogens (tertiary/aromatic N) is 1. The minimum Gasteiger partial charge on any atom is -0.496 e. The standard InChI is InChI=1S/C16H17ClN2O2/c1-19(10-11-5-3-4-6-14(11)18)16(20)13-8-7-12(17)9-15(13)21-2/h3-9H,10,18H2,1-2H3. The predicted molar refractivity (Wildman–Crippen MR) is 84.7 cm³/mol. The van der Waals surface area contributed by atoms with E-state index in [4.69, 9.17) is 22.1 Å². The molecule has 2 aromatic rings. The SMILES string of the molecule is COc1cc(Cl)ccc1C(=O)N(C)Cc1ccccc1N. The van der Waals surface area contributed by atoms with Crippen LogP contribution in [-0.2, 0) is 6.54 Å². The number of anilines is 1. The molecule has 0 aromatic heterocycles. The van der Waals surface area contributed by atoms with Gasteiger partial charge in [-0.2, -0.15) is 0 Å². The molecule has 4 nitrogen and oxygen atoms in total. The minimum absolute atomic E-state index is 0.147. The van der Waals surface area contributed by atoms with Crippen molar-refractivity contribution in [3.8, 4) is 5.75 Å². The smallest absolute Gasteiger partial charge is 0.257 e. The van der Waals surface area contributed by atoms with Crippen molar-refractivity contribution in [2.45, 2.75) is 6.54 Å². The Morgan fingerprint density at radius 2 is 2.00 bits per heavy atom. The lowest BCUT2D eigenvalue weighted by molar-refractivity contribution is 0.0782. The van der Waals surface area contributed by atoms with Crippen LogP contribution < -0.4 is 10.5 Å². The van der Waals surface area contributed by atoms with Crippen LogP contribution in [0.4, 0.5) is 5.69 Å². The Hall–Kier alpha value is -2.20. The van der Waals surface area contributed by atoms with Crippen molar-refractivity contribution in [1.29, 1.82) is 0 Å². The molecule has 2 N–H and O–H groups in total. The van der Waals surface area contributed by atoms with E-state index in [1.165, 1.54) is 7.11 Å². The van der Waals surface area contributed by atoms with Crippen LogP contribution in [0.25, 0.3) is 0 Å². The van der Waals surface area contributed by atoms with Gasteiger partial charge in [-0.1, -0.05) is 29.8 Å². The number of hydrogen-bond donors (Lipinski definition) is 1. The van der Waals surface area contributed by atoms with E-state index >= 15 is 0 Å². The lowest BCUT2D eigenvalue weighted by Gasteiger charge is -2.19. The van der Waals surface area contributed by atoms with Crippen molar-refractivity contribution in [3.05, 3.63) is 58.6 Å². The zero-order valence-corrected chi connectivity index (χ0v) is 12.7. The van der Waals surface area contributed by atoms with Gasteiger partial charge < -0.3 is 15.4 Å². The van der Waals surface area contributed by atoms with Crippen molar-refractivity contribution >= 4 is 23.2 Å². The summed E-state index contributed by atoms with van der Waals surface area (Å²) in [6.45, 7) is 0.428. The Balaban J connectivity index is 2.22. The number of methoxy groups -OCH3 is 1. The number of nitrogen functional groups attached to an aromatic ring is 1. The number of rotatable bonds is 4. The number of nitrogens with two attached hydrogens (primary N) is 1. The number of carbonyl (C=O) groups is 1. The highest BCUT2D eigenvalue weighted by atomic mass is 35.5. The molecule has 0 atom stereocenters. The minimum atomic E-state index is -0.147. The molecule has 0 saturated carbocycles. The number of hydrogen-bond acceptors (Lipinski definition) is 3. The summed E-state index contributed by atoms with van der Waals surface area (Å²) >= 11 is 5.91. The maximum atomic E-state index is 12.5. The van der Waals surface area contributed by atoms with Gasteiger partial charge in [0.05, 0.1) is 12.7 Å². The molecule has 0 aliphatic carbocycles. The molecule has 5 heteroatoms. The number of halogens is 1. The van der Waals surface area contributed by atoms with E-state index in [1.807, 2.05) is 24.3 Å². The molecule has 0 radical (unpaired) electrons. The van der Waals surface area contributed by atoms with Crippen molar-refractivity contribution < 1.29 is 9.53 Å². The Morgan fingerprint density at radius 3 is 2.67 bits per heavy atom. The van der Waals surface area contributed by atoms with Gasteiger partial charge in [-0.05, 0) is 29.8 Å². The normalized spacial score (nSPS) is 10.2. The molecular weight excluding hydrogens is 288 g/mol. The summed E-state index contributed by atoms with van der Waals surface area (Å²) in [6, 6.07) is 12.4. The molecule has 0 aliphatic rings. The second kappa shape index (κ2) is 6.50. The Labute approximate surface area is 129 Å². The van der Waals surface area contributed by atoms with Crippen LogP contribution in [0.5, 0.6) is 5.75 Å². The summed E-state index contributed by atoms with van der Waals surface area (Å²) < 4.78 is 5.21. The van der Waals surface area contributed by atoms with Gasteiger partial charge in [0.15, 0.2) is 0 Å². The predicted octanol–water partition coefficient (Wildman–Crippen LogP) is 3.20. The molecule has 0 aliphatic heterocycles. The highest BCUT2D eigenvalue weighted by Crippen LogP contribution is 2.25. The summed E-state index contributed by atoms with van der Waals surface area (Å²) in [4.78, 5) is 14.1. The third-order valence-electron chi connectivity index (χ3n) is 3.20. The third kappa shape index (κ3) is 3.47. The molecule has 2 aromatic carbocycles. The first-order chi connectivity index (χ1) is 10.0. The highest BCUT2D eigenvalue weighted by Gasteiger charge is 2.17. The topological polar surface area (TPSA) is 55.6 Å². The summed E-state index contributed by atoms with van der Waals surface area (Å²) in [5, 5.41) is 0.526. The van der Waals surface area contributed by atoms with Gasteiger partial charge in [0, 0.05) is 24.3 Å². The molecular formula is C16H17ClN2O2.